The van der Waals surface area contributed by atoms with E-state index in [1.165, 1.54) is 16.7 Å². The topological polar surface area (TPSA) is 72.6 Å². The van der Waals surface area contributed by atoms with Crippen molar-refractivity contribution in [1.29, 1.82) is 0 Å². The van der Waals surface area contributed by atoms with E-state index in [1.807, 2.05) is 60.7 Å². The van der Waals surface area contributed by atoms with Crippen molar-refractivity contribution in [2.45, 2.75) is 17.5 Å². The molecule has 1 fully saturated rings. The largest absolute Gasteiger partial charge is 0.448 e. The fourth-order valence-electron chi connectivity index (χ4n) is 3.42. The van der Waals surface area contributed by atoms with E-state index in [1.54, 1.807) is 0 Å². The monoisotopic (exact) mass is 414 g/mol. The van der Waals surface area contributed by atoms with Crippen molar-refractivity contribution < 1.29 is 14.3 Å². The molecule has 5 nitrogen and oxygen atoms in total. The number of halogens is 1. The molecule has 2 N–H and O–H groups in total. The Labute approximate surface area is 172 Å². The lowest BCUT2D eigenvalue weighted by Gasteiger charge is -2.48. The molecule has 2 aromatic rings. The number of fused-ring (bicyclic) bond motifs is 1. The molecule has 7 heteroatoms. The van der Waals surface area contributed by atoms with Gasteiger partial charge in [-0.05, 0) is 16.7 Å². The van der Waals surface area contributed by atoms with Crippen LogP contribution in [0.3, 0.4) is 0 Å². The summed E-state index contributed by atoms with van der Waals surface area (Å²) in [6.45, 7) is 0. The molecule has 1 unspecified atom stereocenters. The standard InChI is InChI=1S/C21H19ClN2O3S/c22-11-15-12-28-20-16(23)19(25)24(20)17(15)21(26)27-18(13-7-3-1-4-8-13)14-9-5-2-6-10-14/h1-10,16,18,20H,11-12,23H2/t16?,20-/m1/s1. The highest BCUT2D eigenvalue weighted by molar-refractivity contribution is 8.00. The minimum absolute atomic E-state index is 0.157. The van der Waals surface area contributed by atoms with Crippen LogP contribution in [0.25, 0.3) is 0 Å². The van der Waals surface area contributed by atoms with E-state index < -0.39 is 18.1 Å². The summed E-state index contributed by atoms with van der Waals surface area (Å²) in [6, 6.07) is 18.4. The van der Waals surface area contributed by atoms with E-state index in [0.717, 1.165) is 11.1 Å². The number of nitrogens with zero attached hydrogens (tertiary/aromatic N) is 1. The van der Waals surface area contributed by atoms with Crippen molar-refractivity contribution in [2.24, 2.45) is 5.73 Å². The molecule has 4 rings (SSSR count). The lowest BCUT2D eigenvalue weighted by molar-refractivity contribution is -0.153. The molecule has 0 bridgehead atoms. The molecular formula is C21H19ClN2O3S. The second-order valence-corrected chi connectivity index (χ2v) is 8.00. The van der Waals surface area contributed by atoms with Gasteiger partial charge in [0.15, 0.2) is 6.10 Å². The number of β-lactam (4-membered cyclic amide) rings is 1. The zero-order valence-corrected chi connectivity index (χ0v) is 16.5. The number of thioether (sulfide) groups is 1. The molecule has 1 amide bonds. The van der Waals surface area contributed by atoms with Gasteiger partial charge in [-0.25, -0.2) is 4.79 Å². The highest BCUT2D eigenvalue weighted by Crippen LogP contribution is 2.41. The van der Waals surface area contributed by atoms with E-state index >= 15 is 0 Å². The van der Waals surface area contributed by atoms with Gasteiger partial charge in [0.05, 0.1) is 0 Å². The summed E-state index contributed by atoms with van der Waals surface area (Å²) < 4.78 is 5.93. The number of hydrogen-bond donors (Lipinski definition) is 1. The summed E-state index contributed by atoms with van der Waals surface area (Å²) in [6.07, 6.45) is -0.586. The predicted molar refractivity (Wildman–Crippen MR) is 110 cm³/mol. The van der Waals surface area contributed by atoms with Crippen molar-refractivity contribution in [3.63, 3.8) is 0 Å². The fraction of sp³-hybridized carbons (Fsp3) is 0.238. The third-order valence-electron chi connectivity index (χ3n) is 4.87. The third-order valence-corrected chi connectivity index (χ3v) is 6.56. The molecule has 2 aromatic carbocycles. The molecule has 0 aliphatic carbocycles. The minimum atomic E-state index is -0.594. The molecular weight excluding hydrogens is 396 g/mol. The Morgan fingerprint density at radius 3 is 2.25 bits per heavy atom. The first-order valence-corrected chi connectivity index (χ1v) is 10.5. The first kappa shape index (κ1) is 19.1. The molecule has 0 spiro atoms. The minimum Gasteiger partial charge on any atom is -0.448 e. The number of benzene rings is 2. The van der Waals surface area contributed by atoms with E-state index in [9.17, 15) is 9.59 Å². The molecule has 2 heterocycles. The summed E-state index contributed by atoms with van der Waals surface area (Å²) in [7, 11) is 0. The average Bonchev–Trinajstić information content (AvgIpc) is 2.76. The van der Waals surface area contributed by atoms with Crippen LogP contribution in [0.5, 0.6) is 0 Å². The smallest absolute Gasteiger partial charge is 0.356 e. The lowest BCUT2D eigenvalue weighted by atomic mass is 10.0. The van der Waals surface area contributed by atoms with Gasteiger partial charge in [0, 0.05) is 11.6 Å². The molecule has 0 aromatic heterocycles. The Bertz CT molecular complexity index is 880. The van der Waals surface area contributed by atoms with Crippen molar-refractivity contribution in [3.8, 4) is 0 Å². The van der Waals surface area contributed by atoms with Gasteiger partial charge in [-0.15, -0.1) is 23.4 Å². The van der Waals surface area contributed by atoms with Gasteiger partial charge < -0.3 is 10.5 Å². The maximum atomic E-state index is 13.2. The average molecular weight is 415 g/mol. The lowest BCUT2D eigenvalue weighted by Crippen LogP contribution is -2.68. The van der Waals surface area contributed by atoms with Crippen molar-refractivity contribution in [3.05, 3.63) is 83.1 Å². The molecule has 2 aliphatic heterocycles. The second-order valence-electron chi connectivity index (χ2n) is 6.63. The normalized spacial score (nSPS) is 21.4. The van der Waals surface area contributed by atoms with Crippen molar-refractivity contribution >= 4 is 35.2 Å². The Kier molecular flexibility index (Phi) is 5.44. The molecule has 2 aliphatic rings. The number of hydrogen-bond acceptors (Lipinski definition) is 5. The van der Waals surface area contributed by atoms with Gasteiger partial charge in [0.1, 0.15) is 17.1 Å². The summed E-state index contributed by atoms with van der Waals surface area (Å²) in [5.74, 6) is -0.122. The Balaban J connectivity index is 1.68. The number of carbonyl (C=O) groups is 2. The highest BCUT2D eigenvalue weighted by atomic mass is 35.5. The fourth-order valence-corrected chi connectivity index (χ4v) is 5.04. The van der Waals surface area contributed by atoms with Gasteiger partial charge in [-0.3, -0.25) is 9.69 Å². The van der Waals surface area contributed by atoms with Crippen LogP contribution >= 0.6 is 23.4 Å². The van der Waals surface area contributed by atoms with Gasteiger partial charge in [0.25, 0.3) is 0 Å². The molecule has 2 atom stereocenters. The maximum absolute atomic E-state index is 13.2. The molecule has 1 saturated heterocycles. The number of ether oxygens (including phenoxy) is 1. The van der Waals surface area contributed by atoms with E-state index in [2.05, 4.69) is 0 Å². The molecule has 28 heavy (non-hydrogen) atoms. The van der Waals surface area contributed by atoms with Crippen LogP contribution in [0.15, 0.2) is 71.9 Å². The quantitative estimate of drug-likeness (QED) is 0.462. The van der Waals surface area contributed by atoms with Crippen LogP contribution < -0.4 is 5.73 Å². The second kappa shape index (κ2) is 7.99. The van der Waals surface area contributed by atoms with Crippen LogP contribution in [0.1, 0.15) is 17.2 Å². The summed E-state index contributed by atoms with van der Waals surface area (Å²) >= 11 is 7.58. The van der Waals surface area contributed by atoms with E-state index in [0.29, 0.717) is 11.3 Å². The summed E-state index contributed by atoms with van der Waals surface area (Å²) in [4.78, 5) is 26.9. The Morgan fingerprint density at radius 2 is 1.71 bits per heavy atom. The van der Waals surface area contributed by atoms with Crippen LogP contribution in [-0.4, -0.2) is 39.8 Å². The first-order valence-electron chi connectivity index (χ1n) is 8.91. The van der Waals surface area contributed by atoms with Crippen molar-refractivity contribution in [1.82, 2.24) is 4.90 Å². The van der Waals surface area contributed by atoms with Gasteiger partial charge in [-0.1, -0.05) is 60.7 Å². The number of nitrogens with two attached hydrogens (primary N) is 1. The van der Waals surface area contributed by atoms with E-state index in [-0.39, 0.29) is 22.9 Å². The first-order chi connectivity index (χ1) is 13.6. The third kappa shape index (κ3) is 3.32. The van der Waals surface area contributed by atoms with Crippen LogP contribution in [-0.2, 0) is 14.3 Å². The van der Waals surface area contributed by atoms with Crippen LogP contribution in [0.4, 0.5) is 0 Å². The number of alkyl halides is 1. The zero-order chi connectivity index (χ0) is 19.7. The highest BCUT2D eigenvalue weighted by Gasteiger charge is 2.52. The Hall–Kier alpha value is -2.28. The number of esters is 1. The van der Waals surface area contributed by atoms with E-state index in [4.69, 9.17) is 22.1 Å². The van der Waals surface area contributed by atoms with Gasteiger partial charge in [0.2, 0.25) is 5.91 Å². The molecule has 144 valence electrons. The van der Waals surface area contributed by atoms with Crippen LogP contribution in [0, 0.1) is 0 Å². The van der Waals surface area contributed by atoms with Gasteiger partial charge in [-0.2, -0.15) is 0 Å². The number of carbonyl (C=O) groups excluding carboxylic acids is 2. The predicted octanol–water partition coefficient (Wildman–Crippen LogP) is 3.05. The van der Waals surface area contributed by atoms with Crippen LogP contribution in [0.2, 0.25) is 0 Å². The number of amides is 1. The molecule has 0 radical (unpaired) electrons. The summed E-state index contributed by atoms with van der Waals surface area (Å²) in [5.41, 5.74) is 8.52. The summed E-state index contributed by atoms with van der Waals surface area (Å²) in [5, 5.41) is -0.242. The SMILES string of the molecule is NC1C(=O)N2C(C(=O)OC(c3ccccc3)c3ccccc3)=C(CCl)CS[C@H]12. The Morgan fingerprint density at radius 1 is 1.14 bits per heavy atom. The molecule has 0 saturated carbocycles. The van der Waals surface area contributed by atoms with Gasteiger partial charge >= 0.3 is 5.97 Å². The number of rotatable bonds is 5. The maximum Gasteiger partial charge on any atom is 0.356 e. The van der Waals surface area contributed by atoms with Crippen molar-refractivity contribution in [2.75, 3.05) is 11.6 Å². The zero-order valence-electron chi connectivity index (χ0n) is 15.0.